The van der Waals surface area contributed by atoms with Crippen molar-refractivity contribution >= 4 is 28.6 Å². The van der Waals surface area contributed by atoms with E-state index in [1.807, 2.05) is 67.5 Å². The molecule has 162 valence electrons. The fourth-order valence-electron chi connectivity index (χ4n) is 4.26. The SMILES string of the molecule is CN(C)c1nc(NC2CCC(CNC(=O)Cc3ccccc3)CC2)nc2ccccc12. The topological polar surface area (TPSA) is 70.2 Å². The number of carbonyl (C=O) groups is 1. The fraction of sp³-hybridized carbons (Fsp3) is 0.400. The number of hydrogen-bond acceptors (Lipinski definition) is 5. The minimum atomic E-state index is 0.104. The molecule has 1 aliphatic carbocycles. The van der Waals surface area contributed by atoms with Crippen molar-refractivity contribution in [1.29, 1.82) is 0 Å². The first kappa shape index (κ1) is 21.1. The van der Waals surface area contributed by atoms with E-state index < -0.39 is 0 Å². The Kier molecular flexibility index (Phi) is 6.65. The average Bonchev–Trinajstić information content (AvgIpc) is 2.78. The third kappa shape index (κ3) is 5.51. The molecule has 1 aromatic heterocycles. The Morgan fingerprint density at radius 1 is 0.968 bits per heavy atom. The molecule has 0 saturated heterocycles. The number of amides is 1. The standard InChI is InChI=1S/C25H31N5O/c1-30(2)24-21-10-6-7-11-22(21)28-25(29-24)27-20-14-12-19(13-15-20)17-26-23(31)16-18-8-4-3-5-9-18/h3-11,19-20H,12-17H2,1-2H3,(H,26,31)(H,27,28,29). The molecule has 31 heavy (non-hydrogen) atoms. The Morgan fingerprint density at radius 3 is 2.42 bits per heavy atom. The Hall–Kier alpha value is -3.15. The van der Waals surface area contributed by atoms with Crippen molar-refractivity contribution in [2.45, 2.75) is 38.1 Å². The lowest BCUT2D eigenvalue weighted by molar-refractivity contribution is -0.120. The second-order valence-electron chi connectivity index (χ2n) is 8.61. The van der Waals surface area contributed by atoms with Crippen LogP contribution in [-0.2, 0) is 11.2 Å². The molecule has 0 unspecified atom stereocenters. The van der Waals surface area contributed by atoms with Crippen LogP contribution in [0.1, 0.15) is 31.2 Å². The maximum absolute atomic E-state index is 12.2. The highest BCUT2D eigenvalue weighted by Gasteiger charge is 2.22. The van der Waals surface area contributed by atoms with E-state index in [0.29, 0.717) is 24.3 Å². The maximum Gasteiger partial charge on any atom is 0.225 e. The predicted molar refractivity (Wildman–Crippen MR) is 126 cm³/mol. The Balaban J connectivity index is 1.28. The summed E-state index contributed by atoms with van der Waals surface area (Å²) in [4.78, 5) is 23.7. The summed E-state index contributed by atoms with van der Waals surface area (Å²) in [6.45, 7) is 0.760. The number of benzene rings is 2. The van der Waals surface area contributed by atoms with Crippen LogP contribution in [-0.4, -0.2) is 42.6 Å². The van der Waals surface area contributed by atoms with Crippen LogP contribution in [0.3, 0.4) is 0 Å². The van der Waals surface area contributed by atoms with Crippen molar-refractivity contribution in [3.8, 4) is 0 Å². The van der Waals surface area contributed by atoms with Gasteiger partial charge in [0.25, 0.3) is 0 Å². The van der Waals surface area contributed by atoms with Crippen LogP contribution in [0.25, 0.3) is 10.9 Å². The van der Waals surface area contributed by atoms with Gasteiger partial charge in [0.2, 0.25) is 11.9 Å². The van der Waals surface area contributed by atoms with E-state index in [-0.39, 0.29) is 5.91 Å². The molecule has 1 aliphatic rings. The lowest BCUT2D eigenvalue weighted by Crippen LogP contribution is -2.34. The molecule has 6 heteroatoms. The molecule has 0 bridgehead atoms. The van der Waals surface area contributed by atoms with E-state index in [2.05, 4.69) is 16.7 Å². The number of carbonyl (C=O) groups excluding carboxylic acids is 1. The molecule has 0 spiro atoms. The normalized spacial score (nSPS) is 18.5. The second kappa shape index (κ2) is 9.77. The van der Waals surface area contributed by atoms with E-state index >= 15 is 0 Å². The Bertz CT molecular complexity index is 1010. The van der Waals surface area contributed by atoms with E-state index in [1.54, 1.807) is 0 Å². The summed E-state index contributed by atoms with van der Waals surface area (Å²) in [5.41, 5.74) is 2.01. The summed E-state index contributed by atoms with van der Waals surface area (Å²) in [6, 6.07) is 18.4. The number of rotatable bonds is 7. The van der Waals surface area contributed by atoms with Gasteiger partial charge in [-0.3, -0.25) is 4.79 Å². The minimum Gasteiger partial charge on any atom is -0.362 e. The first-order valence-electron chi connectivity index (χ1n) is 11.1. The third-order valence-electron chi connectivity index (χ3n) is 5.98. The number of fused-ring (bicyclic) bond motifs is 1. The van der Waals surface area contributed by atoms with Crippen LogP contribution in [0.4, 0.5) is 11.8 Å². The van der Waals surface area contributed by atoms with Gasteiger partial charge in [-0.1, -0.05) is 42.5 Å². The van der Waals surface area contributed by atoms with Gasteiger partial charge in [0.1, 0.15) is 5.82 Å². The lowest BCUT2D eigenvalue weighted by atomic mass is 9.86. The molecule has 3 aromatic rings. The van der Waals surface area contributed by atoms with Crippen LogP contribution in [0.5, 0.6) is 0 Å². The van der Waals surface area contributed by atoms with Gasteiger partial charge in [-0.15, -0.1) is 0 Å². The van der Waals surface area contributed by atoms with Gasteiger partial charge in [-0.05, 0) is 49.3 Å². The van der Waals surface area contributed by atoms with Crippen molar-refractivity contribution < 1.29 is 4.79 Å². The number of nitrogens with zero attached hydrogens (tertiary/aromatic N) is 3. The van der Waals surface area contributed by atoms with E-state index in [0.717, 1.165) is 54.5 Å². The molecule has 1 amide bonds. The fourth-order valence-corrected chi connectivity index (χ4v) is 4.26. The first-order chi connectivity index (χ1) is 15.1. The molecule has 1 heterocycles. The molecule has 2 aromatic carbocycles. The van der Waals surface area contributed by atoms with Gasteiger partial charge < -0.3 is 15.5 Å². The van der Waals surface area contributed by atoms with Crippen LogP contribution >= 0.6 is 0 Å². The summed E-state index contributed by atoms with van der Waals surface area (Å²) in [7, 11) is 4.02. The van der Waals surface area contributed by atoms with Gasteiger partial charge in [0.15, 0.2) is 0 Å². The highest BCUT2D eigenvalue weighted by Crippen LogP contribution is 2.28. The number of aromatic nitrogens is 2. The maximum atomic E-state index is 12.2. The molecule has 0 aliphatic heterocycles. The summed E-state index contributed by atoms with van der Waals surface area (Å²) >= 11 is 0. The zero-order valence-corrected chi connectivity index (χ0v) is 18.3. The molecule has 4 rings (SSSR count). The minimum absolute atomic E-state index is 0.104. The van der Waals surface area contributed by atoms with E-state index in [1.165, 1.54) is 0 Å². The number of para-hydroxylation sites is 1. The average molecular weight is 418 g/mol. The number of nitrogens with one attached hydrogen (secondary N) is 2. The molecule has 2 N–H and O–H groups in total. The van der Waals surface area contributed by atoms with Crippen LogP contribution < -0.4 is 15.5 Å². The number of hydrogen-bond donors (Lipinski definition) is 2. The van der Waals surface area contributed by atoms with E-state index in [9.17, 15) is 4.79 Å². The van der Waals surface area contributed by atoms with Crippen LogP contribution in [0.2, 0.25) is 0 Å². The van der Waals surface area contributed by atoms with Crippen molar-refractivity contribution in [3.05, 3.63) is 60.2 Å². The summed E-state index contributed by atoms with van der Waals surface area (Å²) < 4.78 is 0. The first-order valence-corrected chi connectivity index (χ1v) is 11.1. The largest absolute Gasteiger partial charge is 0.362 e. The second-order valence-corrected chi connectivity index (χ2v) is 8.61. The summed E-state index contributed by atoms with van der Waals surface area (Å²) in [6.07, 6.45) is 4.76. The van der Waals surface area contributed by atoms with Gasteiger partial charge in [-0.2, -0.15) is 4.98 Å². The Morgan fingerprint density at radius 2 is 1.68 bits per heavy atom. The smallest absolute Gasteiger partial charge is 0.225 e. The number of anilines is 2. The molecule has 1 saturated carbocycles. The van der Waals surface area contributed by atoms with Gasteiger partial charge in [0.05, 0.1) is 11.9 Å². The summed E-state index contributed by atoms with van der Waals surface area (Å²) in [5, 5.41) is 7.73. The van der Waals surface area contributed by atoms with Crippen LogP contribution in [0.15, 0.2) is 54.6 Å². The van der Waals surface area contributed by atoms with Crippen molar-refractivity contribution in [3.63, 3.8) is 0 Å². The van der Waals surface area contributed by atoms with Crippen molar-refractivity contribution in [2.24, 2.45) is 5.92 Å². The van der Waals surface area contributed by atoms with Gasteiger partial charge in [0, 0.05) is 32.1 Å². The quantitative estimate of drug-likeness (QED) is 0.607. The Labute approximate surface area is 184 Å². The molecule has 0 radical (unpaired) electrons. The van der Waals surface area contributed by atoms with Gasteiger partial charge in [-0.25, -0.2) is 4.98 Å². The molecular formula is C25H31N5O. The van der Waals surface area contributed by atoms with Crippen molar-refractivity contribution in [2.75, 3.05) is 30.9 Å². The van der Waals surface area contributed by atoms with Crippen molar-refractivity contribution in [1.82, 2.24) is 15.3 Å². The summed E-state index contributed by atoms with van der Waals surface area (Å²) in [5.74, 6) is 2.27. The van der Waals surface area contributed by atoms with Crippen LogP contribution in [0, 0.1) is 5.92 Å². The highest BCUT2D eigenvalue weighted by atomic mass is 16.1. The van der Waals surface area contributed by atoms with Gasteiger partial charge >= 0.3 is 0 Å². The lowest BCUT2D eigenvalue weighted by Gasteiger charge is -2.29. The monoisotopic (exact) mass is 417 g/mol. The highest BCUT2D eigenvalue weighted by molar-refractivity contribution is 5.90. The zero-order valence-electron chi connectivity index (χ0n) is 18.3. The molecular weight excluding hydrogens is 386 g/mol. The third-order valence-corrected chi connectivity index (χ3v) is 5.98. The predicted octanol–water partition coefficient (Wildman–Crippen LogP) is 4.03. The molecule has 0 atom stereocenters. The molecule has 6 nitrogen and oxygen atoms in total. The van der Waals surface area contributed by atoms with E-state index in [4.69, 9.17) is 9.97 Å². The molecule has 1 fully saturated rings. The zero-order chi connectivity index (χ0) is 21.6.